The molecular formula is C90H70B2N8O. The average Bonchev–Trinajstić information content (AvgIpc) is 1.12. The molecule has 0 saturated heterocycles. The Bertz CT molecular complexity index is 6110. The van der Waals surface area contributed by atoms with Crippen LogP contribution < -0.4 is 52.2 Å². The van der Waals surface area contributed by atoms with Crippen LogP contribution >= 0.6 is 0 Å². The normalized spacial score (nSPS) is 15.1. The number of hydrogen-bond donors (Lipinski definition) is 0. The highest BCUT2D eigenvalue weighted by Gasteiger charge is 2.50. The molecule has 1 aliphatic carbocycles. The van der Waals surface area contributed by atoms with Crippen molar-refractivity contribution >= 4 is 152 Å². The summed E-state index contributed by atoms with van der Waals surface area (Å²) in [5.74, 6) is 2.59. The minimum absolute atomic E-state index is 0.0222. The molecule has 5 aliphatic rings. The molecule has 101 heavy (non-hydrogen) atoms. The van der Waals surface area contributed by atoms with Crippen LogP contribution in [0.3, 0.4) is 0 Å². The molecular weight excluding hydrogens is 1230 g/mol. The van der Waals surface area contributed by atoms with Crippen LogP contribution in [0.4, 0.5) is 51.3 Å². The molecule has 0 amide bonds. The van der Waals surface area contributed by atoms with Crippen molar-refractivity contribution in [2.45, 2.75) is 77.6 Å². The second kappa shape index (κ2) is 20.9. The van der Waals surface area contributed by atoms with E-state index in [0.29, 0.717) is 11.8 Å². The van der Waals surface area contributed by atoms with Crippen molar-refractivity contribution in [1.29, 1.82) is 0 Å². The Morgan fingerprint density at radius 1 is 0.356 bits per heavy atom. The lowest BCUT2D eigenvalue weighted by atomic mass is 9.30. The van der Waals surface area contributed by atoms with Gasteiger partial charge in [-0.1, -0.05) is 212 Å². The minimum atomic E-state index is -0.374. The lowest BCUT2D eigenvalue weighted by Gasteiger charge is -2.46. The van der Waals surface area contributed by atoms with Crippen molar-refractivity contribution in [3.8, 4) is 29.0 Å². The zero-order valence-electron chi connectivity index (χ0n) is 57.5. The van der Waals surface area contributed by atoms with Gasteiger partial charge < -0.3 is 23.7 Å². The molecule has 12 aromatic carbocycles. The average molecular weight is 1300 g/mol. The standard InChI is InChI=1S/C90H70B2N8O/c1-88(2,3)82-48-55-47-68-77(53-76(55)98(82)57-29-13-9-14-30-57)99(58-31-15-10-16-32-58)85-84-86(94-87(93-85)100-73-40-24-19-35-63(73)64-36-20-25-41-74(64)100)101-81-54-78-69(52-70(81)92(68)84)91-67-37-21-26-42-75(67)96(59-43-44-65-66(49-59)90(6,7)46-45-89(65,4)5)80-51-60(50-79(83(80)91)95(78)56-27-11-8-12-28-56)97-71-38-22-17-33-61(71)62-34-18-23-39-72(62)97/h8-44,47-54H,45-46H2,1-7H3. The third-order valence-corrected chi connectivity index (χ3v) is 23.0. The first-order valence-corrected chi connectivity index (χ1v) is 35.7. The van der Waals surface area contributed by atoms with Gasteiger partial charge in [0.25, 0.3) is 13.4 Å². The fourth-order valence-corrected chi connectivity index (χ4v) is 18.3. The minimum Gasteiger partial charge on any atom is -0.440 e. The largest absolute Gasteiger partial charge is 0.440 e. The lowest BCUT2D eigenvalue weighted by Crippen LogP contribution is -2.64. The van der Waals surface area contributed by atoms with Crippen LogP contribution in [0.2, 0.25) is 0 Å². The van der Waals surface area contributed by atoms with E-state index in [4.69, 9.17) is 14.7 Å². The number of benzene rings is 12. The van der Waals surface area contributed by atoms with Gasteiger partial charge in [-0.15, -0.1) is 0 Å². The van der Waals surface area contributed by atoms with Gasteiger partial charge in [-0.3, -0.25) is 9.47 Å². The molecule has 0 spiro atoms. The molecule has 8 heterocycles. The summed E-state index contributed by atoms with van der Waals surface area (Å²) in [6, 6.07) is 102. The predicted octanol–water partition coefficient (Wildman–Crippen LogP) is 18.7. The van der Waals surface area contributed by atoms with Gasteiger partial charge in [0, 0.05) is 95.4 Å². The highest BCUT2D eigenvalue weighted by Crippen LogP contribution is 2.52. The number of hydrogen-bond acceptors (Lipinski definition) is 6. The Kier molecular flexibility index (Phi) is 12.0. The number of anilines is 9. The van der Waals surface area contributed by atoms with E-state index in [-0.39, 0.29) is 29.7 Å². The summed E-state index contributed by atoms with van der Waals surface area (Å²) in [7, 11) is 0. The van der Waals surface area contributed by atoms with Crippen LogP contribution in [0.5, 0.6) is 11.6 Å². The monoisotopic (exact) mass is 1300 g/mol. The fourth-order valence-electron chi connectivity index (χ4n) is 18.3. The highest BCUT2D eigenvalue weighted by atomic mass is 16.5. The van der Waals surface area contributed by atoms with Gasteiger partial charge >= 0.3 is 0 Å². The Labute approximate surface area is 587 Å². The van der Waals surface area contributed by atoms with E-state index in [2.05, 4.69) is 350 Å². The van der Waals surface area contributed by atoms with Crippen LogP contribution in [0.15, 0.2) is 273 Å². The number of aromatic nitrogens is 5. The third kappa shape index (κ3) is 8.29. The fraction of sp³-hybridized carbons (Fsp3) is 0.133. The number of fused-ring (bicyclic) bond motifs is 16. The molecule has 0 radical (unpaired) electrons. The van der Waals surface area contributed by atoms with Crippen molar-refractivity contribution in [1.82, 2.24) is 23.7 Å². The summed E-state index contributed by atoms with van der Waals surface area (Å²) in [6.45, 7) is 16.1. The molecule has 0 bridgehead atoms. The van der Waals surface area contributed by atoms with E-state index >= 15 is 0 Å². The molecule has 0 saturated carbocycles. The second-order valence-corrected chi connectivity index (χ2v) is 30.8. The van der Waals surface area contributed by atoms with Gasteiger partial charge in [-0.25, -0.2) is 0 Å². The summed E-state index contributed by atoms with van der Waals surface area (Å²) in [6.07, 6.45) is 2.26. The van der Waals surface area contributed by atoms with Crippen molar-refractivity contribution < 1.29 is 4.74 Å². The number of ether oxygens (including phenoxy) is 1. The van der Waals surface area contributed by atoms with Crippen molar-refractivity contribution in [3.05, 3.63) is 290 Å². The van der Waals surface area contributed by atoms with Crippen LogP contribution in [0.1, 0.15) is 78.1 Å². The number of rotatable bonds is 6. The number of nitrogens with zero attached hydrogens (tertiary/aromatic N) is 8. The summed E-state index contributed by atoms with van der Waals surface area (Å²) in [5.41, 5.74) is 27.1. The first kappa shape index (κ1) is 58.2. The maximum Gasteiger partial charge on any atom is 0.260 e. The van der Waals surface area contributed by atoms with Gasteiger partial charge in [0.1, 0.15) is 11.6 Å². The molecule has 21 rings (SSSR count). The Morgan fingerprint density at radius 2 is 0.861 bits per heavy atom. The van der Waals surface area contributed by atoms with Crippen molar-refractivity contribution in [2.75, 3.05) is 14.7 Å². The first-order valence-electron chi connectivity index (χ1n) is 35.7. The Morgan fingerprint density at radius 3 is 1.48 bits per heavy atom. The zero-order valence-corrected chi connectivity index (χ0v) is 57.5. The van der Waals surface area contributed by atoms with Gasteiger partial charge in [0.05, 0.1) is 33.3 Å². The van der Waals surface area contributed by atoms with Gasteiger partial charge in [0.15, 0.2) is 0 Å². The molecule has 16 aromatic rings. The summed E-state index contributed by atoms with van der Waals surface area (Å²) in [4.78, 5) is 19.2. The topological polar surface area (TPSA) is 59.5 Å². The molecule has 4 aromatic heterocycles. The van der Waals surface area contributed by atoms with Crippen LogP contribution in [0, 0.1) is 0 Å². The number of para-hydroxylation sites is 8. The van der Waals surface area contributed by atoms with Crippen LogP contribution in [0.25, 0.3) is 71.8 Å². The van der Waals surface area contributed by atoms with Crippen molar-refractivity contribution in [3.63, 3.8) is 0 Å². The Balaban J connectivity index is 0.875. The quantitative estimate of drug-likeness (QED) is 0.155. The Hall–Kier alpha value is -11.8. The van der Waals surface area contributed by atoms with Gasteiger partial charge in [0.2, 0.25) is 11.8 Å². The van der Waals surface area contributed by atoms with E-state index in [1.165, 1.54) is 44.0 Å². The van der Waals surface area contributed by atoms with Gasteiger partial charge in [-0.2, -0.15) is 9.97 Å². The molecule has 11 heteroatoms. The molecule has 9 nitrogen and oxygen atoms in total. The third-order valence-electron chi connectivity index (χ3n) is 23.0. The molecule has 0 atom stereocenters. The first-order chi connectivity index (χ1) is 49.2. The maximum atomic E-state index is 7.81. The molecule has 0 fully saturated rings. The van der Waals surface area contributed by atoms with E-state index in [1.54, 1.807) is 0 Å². The smallest absolute Gasteiger partial charge is 0.260 e. The summed E-state index contributed by atoms with van der Waals surface area (Å²) >= 11 is 0. The lowest BCUT2D eigenvalue weighted by molar-refractivity contribution is 0.332. The molecule has 4 aliphatic heterocycles. The predicted molar refractivity (Wildman–Crippen MR) is 421 cm³/mol. The van der Waals surface area contributed by atoms with Gasteiger partial charge in [-0.05, 0) is 171 Å². The van der Waals surface area contributed by atoms with Crippen LogP contribution in [-0.2, 0) is 16.2 Å². The van der Waals surface area contributed by atoms with E-state index in [1.807, 2.05) is 0 Å². The molecule has 0 unspecified atom stereocenters. The summed E-state index contributed by atoms with van der Waals surface area (Å²) in [5, 5.41) is 5.86. The van der Waals surface area contributed by atoms with Crippen LogP contribution in [-0.4, -0.2) is 37.1 Å². The van der Waals surface area contributed by atoms with Crippen molar-refractivity contribution in [2.24, 2.45) is 0 Å². The van der Waals surface area contributed by atoms with E-state index in [0.717, 1.165) is 141 Å². The highest BCUT2D eigenvalue weighted by molar-refractivity contribution is 7.02. The zero-order chi connectivity index (χ0) is 67.5. The van der Waals surface area contributed by atoms with E-state index in [9.17, 15) is 0 Å². The second-order valence-electron chi connectivity index (χ2n) is 30.8. The molecule has 482 valence electrons. The summed E-state index contributed by atoms with van der Waals surface area (Å²) < 4.78 is 15.0. The molecule has 0 N–H and O–H groups in total. The maximum absolute atomic E-state index is 7.81. The van der Waals surface area contributed by atoms with E-state index < -0.39 is 0 Å². The SMILES string of the molecule is CC(C)(C)c1cc2cc3c(cc2n1-c1ccccc1)N(c1ccccc1)c1nc(-n2c4ccccc4c4ccccc42)nc2c1B3c1cc3c(cc1O2)N(c1ccccc1)c1cc(-n2c4ccccc4c4ccccc42)cc2c1B3c1ccccc1N2c1ccc2c(c1)C(C)(C)CCC2(C)C.